The summed E-state index contributed by atoms with van der Waals surface area (Å²) in [4.78, 5) is 11.7. The van der Waals surface area contributed by atoms with E-state index in [9.17, 15) is 4.79 Å². The Bertz CT molecular complexity index is 451. The van der Waals surface area contributed by atoms with Crippen molar-refractivity contribution in [3.05, 3.63) is 23.2 Å². The number of anilines is 1. The van der Waals surface area contributed by atoms with Gasteiger partial charge < -0.3 is 15.4 Å². The van der Waals surface area contributed by atoms with Crippen molar-refractivity contribution >= 4 is 35.6 Å². The number of hydrogen-bond donors (Lipinski definition) is 2. The zero-order chi connectivity index (χ0) is 13.7. The van der Waals surface area contributed by atoms with E-state index in [0.717, 1.165) is 12.5 Å². The largest absolute Gasteiger partial charge is 0.492 e. The van der Waals surface area contributed by atoms with Gasteiger partial charge >= 0.3 is 0 Å². The molecule has 1 aliphatic carbocycles. The fourth-order valence-corrected chi connectivity index (χ4v) is 2.00. The van der Waals surface area contributed by atoms with E-state index in [1.165, 1.54) is 12.8 Å². The Morgan fingerprint density at radius 2 is 2.20 bits per heavy atom. The van der Waals surface area contributed by atoms with Crippen LogP contribution in [0.2, 0.25) is 5.02 Å². The van der Waals surface area contributed by atoms with Crippen molar-refractivity contribution < 1.29 is 9.53 Å². The van der Waals surface area contributed by atoms with Gasteiger partial charge in [0.1, 0.15) is 5.75 Å². The van der Waals surface area contributed by atoms with E-state index < -0.39 is 0 Å². The summed E-state index contributed by atoms with van der Waals surface area (Å²) in [5.74, 6) is 1.35. The Kier molecular flexibility index (Phi) is 7.13. The lowest BCUT2D eigenvalue weighted by Gasteiger charge is -2.09. The molecular weight excluding hydrogens is 299 g/mol. The summed E-state index contributed by atoms with van der Waals surface area (Å²) in [6, 6.07) is 5.25. The van der Waals surface area contributed by atoms with Crippen LogP contribution >= 0.6 is 24.0 Å². The number of nitrogens with one attached hydrogen (secondary N) is 2. The Balaban J connectivity index is 0.00000200. The highest BCUT2D eigenvalue weighted by molar-refractivity contribution is 6.32. The molecule has 20 heavy (non-hydrogen) atoms. The third-order valence-corrected chi connectivity index (χ3v) is 3.23. The first-order chi connectivity index (χ1) is 9.19. The predicted molar refractivity (Wildman–Crippen MR) is 84.1 cm³/mol. The van der Waals surface area contributed by atoms with E-state index in [0.29, 0.717) is 29.6 Å². The van der Waals surface area contributed by atoms with Gasteiger partial charge in [0, 0.05) is 5.69 Å². The molecule has 0 saturated heterocycles. The molecule has 1 fully saturated rings. The second-order valence-corrected chi connectivity index (χ2v) is 5.11. The minimum atomic E-state index is -0.0547. The molecule has 6 heteroatoms. The van der Waals surface area contributed by atoms with Crippen molar-refractivity contribution in [3.63, 3.8) is 0 Å². The van der Waals surface area contributed by atoms with Gasteiger partial charge in [0.05, 0.1) is 18.2 Å². The Morgan fingerprint density at radius 1 is 1.45 bits per heavy atom. The molecule has 1 amide bonds. The van der Waals surface area contributed by atoms with E-state index >= 15 is 0 Å². The molecular formula is C14H20Cl2N2O2. The number of carbonyl (C=O) groups excluding carboxylic acids is 1. The van der Waals surface area contributed by atoms with Crippen LogP contribution < -0.4 is 15.4 Å². The molecule has 0 aliphatic heterocycles. The fourth-order valence-electron chi connectivity index (χ4n) is 1.77. The standard InChI is InChI=1S/C14H19ClN2O2.ClH/c1-2-19-13-6-5-11(7-12(13)15)17-14(18)9-16-8-10-3-4-10;/h5-7,10,16H,2-4,8-9H2,1H3,(H,17,18);1H. The highest BCUT2D eigenvalue weighted by Gasteiger charge is 2.20. The first kappa shape index (κ1) is 17.1. The number of benzene rings is 1. The van der Waals surface area contributed by atoms with Crippen molar-refractivity contribution in [2.75, 3.05) is 25.0 Å². The van der Waals surface area contributed by atoms with Gasteiger partial charge in [-0.25, -0.2) is 0 Å². The zero-order valence-corrected chi connectivity index (χ0v) is 13.0. The molecule has 0 heterocycles. The van der Waals surface area contributed by atoms with Crippen molar-refractivity contribution in [3.8, 4) is 5.75 Å². The van der Waals surface area contributed by atoms with Crippen LogP contribution in [-0.4, -0.2) is 25.6 Å². The lowest BCUT2D eigenvalue weighted by molar-refractivity contribution is -0.115. The molecule has 0 bridgehead atoms. The SMILES string of the molecule is CCOc1ccc(NC(=O)CNCC2CC2)cc1Cl.Cl. The number of hydrogen-bond acceptors (Lipinski definition) is 3. The average Bonchev–Trinajstić information content (AvgIpc) is 3.17. The topological polar surface area (TPSA) is 50.4 Å². The van der Waals surface area contributed by atoms with Gasteiger partial charge in [-0.3, -0.25) is 4.79 Å². The van der Waals surface area contributed by atoms with E-state index in [2.05, 4.69) is 10.6 Å². The molecule has 0 atom stereocenters. The van der Waals surface area contributed by atoms with Crippen LogP contribution in [0, 0.1) is 5.92 Å². The summed E-state index contributed by atoms with van der Waals surface area (Å²) in [6.45, 7) is 3.73. The average molecular weight is 319 g/mol. The van der Waals surface area contributed by atoms with Crippen LogP contribution in [0.1, 0.15) is 19.8 Å². The Morgan fingerprint density at radius 3 is 2.80 bits per heavy atom. The van der Waals surface area contributed by atoms with Crippen molar-refractivity contribution in [1.82, 2.24) is 5.32 Å². The molecule has 0 aromatic heterocycles. The Labute approximate surface area is 130 Å². The quantitative estimate of drug-likeness (QED) is 0.812. The summed E-state index contributed by atoms with van der Waals surface area (Å²) in [5.41, 5.74) is 0.687. The third-order valence-electron chi connectivity index (χ3n) is 2.93. The normalized spacial score (nSPS) is 13.5. The van der Waals surface area contributed by atoms with Crippen LogP contribution in [0.5, 0.6) is 5.75 Å². The summed E-state index contributed by atoms with van der Waals surface area (Å²) < 4.78 is 5.34. The molecule has 2 N–H and O–H groups in total. The maximum atomic E-state index is 11.7. The summed E-state index contributed by atoms with van der Waals surface area (Å²) in [6.07, 6.45) is 2.56. The number of carbonyl (C=O) groups is 1. The van der Waals surface area contributed by atoms with E-state index in [1.54, 1.807) is 18.2 Å². The first-order valence-electron chi connectivity index (χ1n) is 6.62. The summed E-state index contributed by atoms with van der Waals surface area (Å²) >= 11 is 6.05. The van der Waals surface area contributed by atoms with Gasteiger partial charge in [-0.1, -0.05) is 11.6 Å². The molecule has 0 radical (unpaired) electrons. The fraction of sp³-hybridized carbons (Fsp3) is 0.500. The van der Waals surface area contributed by atoms with Crippen LogP contribution in [0.25, 0.3) is 0 Å². The maximum Gasteiger partial charge on any atom is 0.238 e. The van der Waals surface area contributed by atoms with Crippen molar-refractivity contribution in [2.45, 2.75) is 19.8 Å². The zero-order valence-electron chi connectivity index (χ0n) is 11.4. The maximum absolute atomic E-state index is 11.7. The molecule has 1 aliphatic rings. The molecule has 1 saturated carbocycles. The van der Waals surface area contributed by atoms with Crippen molar-refractivity contribution in [1.29, 1.82) is 0 Å². The highest BCUT2D eigenvalue weighted by atomic mass is 35.5. The Hall–Kier alpha value is -0.970. The minimum absolute atomic E-state index is 0. The van der Waals surface area contributed by atoms with Gasteiger partial charge in [0.2, 0.25) is 5.91 Å². The van der Waals surface area contributed by atoms with E-state index in [1.807, 2.05) is 6.92 Å². The second-order valence-electron chi connectivity index (χ2n) is 4.70. The third kappa shape index (κ3) is 5.57. The van der Waals surface area contributed by atoms with Crippen LogP contribution in [0.15, 0.2) is 18.2 Å². The van der Waals surface area contributed by atoms with Gasteiger partial charge in [0.15, 0.2) is 0 Å². The van der Waals surface area contributed by atoms with Crippen LogP contribution in [0.3, 0.4) is 0 Å². The second kappa shape index (κ2) is 8.35. The molecule has 1 aromatic rings. The van der Waals surface area contributed by atoms with E-state index in [-0.39, 0.29) is 18.3 Å². The molecule has 2 rings (SSSR count). The summed E-state index contributed by atoms with van der Waals surface area (Å²) in [5, 5.41) is 6.45. The number of ether oxygens (including phenoxy) is 1. The smallest absolute Gasteiger partial charge is 0.238 e. The first-order valence-corrected chi connectivity index (χ1v) is 6.99. The molecule has 0 unspecified atom stereocenters. The van der Waals surface area contributed by atoms with Gasteiger partial charge in [-0.05, 0) is 50.4 Å². The van der Waals surface area contributed by atoms with Gasteiger partial charge in [-0.15, -0.1) is 12.4 Å². The lowest BCUT2D eigenvalue weighted by Crippen LogP contribution is -2.29. The van der Waals surface area contributed by atoms with E-state index in [4.69, 9.17) is 16.3 Å². The summed E-state index contributed by atoms with van der Waals surface area (Å²) in [7, 11) is 0. The highest BCUT2D eigenvalue weighted by Crippen LogP contribution is 2.28. The predicted octanol–water partition coefficient (Wildman–Crippen LogP) is 3.10. The number of halogens is 2. The van der Waals surface area contributed by atoms with Gasteiger partial charge in [-0.2, -0.15) is 0 Å². The monoisotopic (exact) mass is 318 g/mol. The molecule has 112 valence electrons. The minimum Gasteiger partial charge on any atom is -0.492 e. The molecule has 0 spiro atoms. The number of rotatable bonds is 7. The van der Waals surface area contributed by atoms with Crippen molar-refractivity contribution in [2.24, 2.45) is 5.92 Å². The number of amides is 1. The van der Waals surface area contributed by atoms with Crippen LogP contribution in [-0.2, 0) is 4.79 Å². The molecule has 1 aromatic carbocycles. The van der Waals surface area contributed by atoms with Crippen LogP contribution in [0.4, 0.5) is 5.69 Å². The molecule has 4 nitrogen and oxygen atoms in total. The lowest BCUT2D eigenvalue weighted by atomic mass is 10.3. The van der Waals surface area contributed by atoms with Gasteiger partial charge in [0.25, 0.3) is 0 Å².